The van der Waals surface area contributed by atoms with Crippen LogP contribution in [-0.2, 0) is 9.53 Å². The summed E-state index contributed by atoms with van der Waals surface area (Å²) in [6, 6.07) is 17.0. The topological polar surface area (TPSA) is 51.2 Å². The van der Waals surface area contributed by atoms with Crippen LogP contribution in [0.1, 0.15) is 20.8 Å². The van der Waals surface area contributed by atoms with E-state index in [1.165, 1.54) is 0 Å². The van der Waals surface area contributed by atoms with Gasteiger partial charge in [-0.2, -0.15) is 0 Å². The Hall–Kier alpha value is -2.59. The number of pyridine rings is 1. The number of benzene rings is 2. The summed E-state index contributed by atoms with van der Waals surface area (Å²) in [7, 11) is 0. The molecule has 1 atom stereocenters. The van der Waals surface area contributed by atoms with Crippen molar-refractivity contribution >= 4 is 34.2 Å². The third-order valence-electron chi connectivity index (χ3n) is 4.37. The number of nitrogens with zero attached hydrogens (tertiary/aromatic N) is 1. The Labute approximate surface area is 164 Å². The van der Waals surface area contributed by atoms with Crippen LogP contribution < -0.4 is 5.32 Å². The van der Waals surface area contributed by atoms with E-state index < -0.39 is 6.04 Å². The lowest BCUT2D eigenvalue weighted by Gasteiger charge is -2.23. The molecule has 0 bridgehead atoms. The summed E-state index contributed by atoms with van der Waals surface area (Å²) in [6.07, 6.45) is 0. The van der Waals surface area contributed by atoms with Gasteiger partial charge in [-0.05, 0) is 37.1 Å². The molecule has 0 radical (unpaired) electrons. The first-order valence-corrected chi connectivity index (χ1v) is 9.46. The van der Waals surface area contributed by atoms with Gasteiger partial charge >= 0.3 is 5.97 Å². The predicted molar refractivity (Wildman–Crippen MR) is 111 cm³/mol. The highest BCUT2D eigenvalue weighted by atomic mass is 35.5. The van der Waals surface area contributed by atoms with Gasteiger partial charge in [-0.15, -0.1) is 0 Å². The van der Waals surface area contributed by atoms with Crippen LogP contribution in [0.15, 0.2) is 54.6 Å². The van der Waals surface area contributed by atoms with E-state index in [1.54, 1.807) is 0 Å². The maximum absolute atomic E-state index is 12.4. The van der Waals surface area contributed by atoms with E-state index in [4.69, 9.17) is 21.3 Å². The summed E-state index contributed by atoms with van der Waals surface area (Å²) < 4.78 is 5.25. The molecule has 3 rings (SSSR count). The van der Waals surface area contributed by atoms with Gasteiger partial charge in [0, 0.05) is 21.7 Å². The van der Waals surface area contributed by atoms with Gasteiger partial charge in [0.25, 0.3) is 0 Å². The zero-order valence-corrected chi connectivity index (χ0v) is 16.5. The van der Waals surface area contributed by atoms with Gasteiger partial charge in [-0.1, -0.05) is 55.8 Å². The number of hydrogen-bond donors (Lipinski definition) is 1. The zero-order valence-electron chi connectivity index (χ0n) is 15.7. The van der Waals surface area contributed by atoms with Crippen molar-refractivity contribution in [2.45, 2.75) is 26.8 Å². The SMILES string of the molecule is CCOC(=O)C(Nc1cc(-c2ccc(Cl)cc2)nc2ccccc12)C(C)C. The maximum Gasteiger partial charge on any atom is 0.328 e. The molecule has 140 valence electrons. The number of halogens is 1. The minimum atomic E-state index is -0.436. The Morgan fingerprint density at radius 2 is 1.85 bits per heavy atom. The second kappa shape index (κ2) is 8.40. The van der Waals surface area contributed by atoms with Gasteiger partial charge < -0.3 is 10.1 Å². The second-order valence-electron chi connectivity index (χ2n) is 6.70. The van der Waals surface area contributed by atoms with Crippen LogP contribution in [0.4, 0.5) is 5.69 Å². The number of carbonyl (C=O) groups excluding carboxylic acids is 1. The van der Waals surface area contributed by atoms with Crippen molar-refractivity contribution in [1.82, 2.24) is 4.98 Å². The molecule has 0 fully saturated rings. The summed E-state index contributed by atoms with van der Waals surface area (Å²) in [6.45, 7) is 6.17. The van der Waals surface area contributed by atoms with Crippen LogP contribution >= 0.6 is 11.6 Å². The lowest BCUT2D eigenvalue weighted by Crippen LogP contribution is -2.36. The molecule has 0 saturated carbocycles. The van der Waals surface area contributed by atoms with Gasteiger partial charge in [0.1, 0.15) is 6.04 Å². The molecule has 0 aliphatic carbocycles. The van der Waals surface area contributed by atoms with Crippen LogP contribution in [-0.4, -0.2) is 23.6 Å². The summed E-state index contributed by atoms with van der Waals surface area (Å²) >= 11 is 6.01. The third-order valence-corrected chi connectivity index (χ3v) is 4.63. The van der Waals surface area contributed by atoms with E-state index in [2.05, 4.69) is 5.32 Å². The molecule has 0 saturated heterocycles. The normalized spacial score (nSPS) is 12.2. The number of para-hydroxylation sites is 1. The highest BCUT2D eigenvalue weighted by Crippen LogP contribution is 2.30. The maximum atomic E-state index is 12.4. The first-order chi connectivity index (χ1) is 13.0. The Balaban J connectivity index is 2.07. The van der Waals surface area contributed by atoms with E-state index in [-0.39, 0.29) is 11.9 Å². The quantitative estimate of drug-likeness (QED) is 0.567. The molecule has 0 aliphatic heterocycles. The fourth-order valence-electron chi connectivity index (χ4n) is 2.96. The highest BCUT2D eigenvalue weighted by Gasteiger charge is 2.24. The van der Waals surface area contributed by atoms with E-state index in [9.17, 15) is 4.79 Å². The Kier molecular flexibility index (Phi) is 5.97. The Bertz CT molecular complexity index is 939. The lowest BCUT2D eigenvalue weighted by atomic mass is 10.0. The number of anilines is 1. The summed E-state index contributed by atoms with van der Waals surface area (Å²) in [5, 5.41) is 5.03. The molecule has 1 N–H and O–H groups in total. The molecule has 0 aliphatic rings. The molecule has 5 heteroatoms. The largest absolute Gasteiger partial charge is 0.464 e. The average Bonchev–Trinajstić information content (AvgIpc) is 2.66. The number of nitrogens with one attached hydrogen (secondary N) is 1. The molecule has 0 amide bonds. The van der Waals surface area contributed by atoms with Gasteiger partial charge in [0.05, 0.1) is 17.8 Å². The standard InChI is InChI=1S/C22H23ClN2O2/c1-4-27-22(26)21(14(2)3)25-20-13-19(15-9-11-16(23)12-10-15)24-18-8-6-5-7-17(18)20/h5-14,21H,4H2,1-3H3,(H,24,25). The summed E-state index contributed by atoms with van der Waals surface area (Å²) in [5.41, 5.74) is 3.50. The smallest absolute Gasteiger partial charge is 0.328 e. The van der Waals surface area contributed by atoms with Crippen LogP contribution in [0.2, 0.25) is 5.02 Å². The number of aromatic nitrogens is 1. The van der Waals surface area contributed by atoms with Crippen LogP contribution in [0, 0.1) is 5.92 Å². The molecular weight excluding hydrogens is 360 g/mol. The fraction of sp³-hybridized carbons (Fsp3) is 0.273. The van der Waals surface area contributed by atoms with Gasteiger partial charge in [-0.3, -0.25) is 0 Å². The summed E-state index contributed by atoms with van der Waals surface area (Å²) in [4.78, 5) is 17.2. The molecule has 1 unspecified atom stereocenters. The molecule has 4 nitrogen and oxygen atoms in total. The van der Waals surface area contributed by atoms with Crippen molar-refractivity contribution in [1.29, 1.82) is 0 Å². The van der Waals surface area contributed by atoms with E-state index in [1.807, 2.05) is 75.4 Å². The number of hydrogen-bond acceptors (Lipinski definition) is 4. The Morgan fingerprint density at radius 1 is 1.15 bits per heavy atom. The number of carbonyl (C=O) groups is 1. The van der Waals surface area contributed by atoms with E-state index >= 15 is 0 Å². The third kappa shape index (κ3) is 4.40. The van der Waals surface area contributed by atoms with Crippen molar-refractivity contribution in [3.8, 4) is 11.3 Å². The predicted octanol–water partition coefficient (Wildman–Crippen LogP) is 5.55. The molecule has 1 heterocycles. The second-order valence-corrected chi connectivity index (χ2v) is 7.13. The first-order valence-electron chi connectivity index (χ1n) is 9.08. The van der Waals surface area contributed by atoms with Crippen molar-refractivity contribution in [2.75, 3.05) is 11.9 Å². The molecule has 1 aromatic heterocycles. The van der Waals surface area contributed by atoms with Gasteiger partial charge in [-0.25, -0.2) is 9.78 Å². The van der Waals surface area contributed by atoms with E-state index in [0.29, 0.717) is 11.6 Å². The van der Waals surface area contributed by atoms with Crippen molar-refractivity contribution in [2.24, 2.45) is 5.92 Å². The highest BCUT2D eigenvalue weighted by molar-refractivity contribution is 6.30. The molecular formula is C22H23ClN2O2. The number of ether oxygens (including phenoxy) is 1. The van der Waals surface area contributed by atoms with Gasteiger partial charge in [0.15, 0.2) is 0 Å². The average molecular weight is 383 g/mol. The zero-order chi connectivity index (χ0) is 19.4. The Morgan fingerprint density at radius 3 is 2.52 bits per heavy atom. The van der Waals surface area contributed by atoms with E-state index in [0.717, 1.165) is 27.8 Å². The van der Waals surface area contributed by atoms with Crippen molar-refractivity contribution in [3.05, 3.63) is 59.6 Å². The summed E-state index contributed by atoms with van der Waals surface area (Å²) in [5.74, 6) is -0.170. The number of esters is 1. The monoisotopic (exact) mass is 382 g/mol. The molecule has 3 aromatic rings. The van der Waals surface area contributed by atoms with Crippen molar-refractivity contribution in [3.63, 3.8) is 0 Å². The molecule has 2 aromatic carbocycles. The molecule has 27 heavy (non-hydrogen) atoms. The fourth-order valence-corrected chi connectivity index (χ4v) is 3.09. The number of fused-ring (bicyclic) bond motifs is 1. The van der Waals surface area contributed by atoms with Crippen LogP contribution in [0.25, 0.3) is 22.2 Å². The van der Waals surface area contributed by atoms with Gasteiger partial charge in [0.2, 0.25) is 0 Å². The first kappa shape index (κ1) is 19.2. The van der Waals surface area contributed by atoms with Crippen molar-refractivity contribution < 1.29 is 9.53 Å². The lowest BCUT2D eigenvalue weighted by molar-refractivity contribution is -0.145. The molecule has 0 spiro atoms. The van der Waals surface area contributed by atoms with Crippen LogP contribution in [0.3, 0.4) is 0 Å². The minimum absolute atomic E-state index is 0.0787. The number of rotatable bonds is 6. The minimum Gasteiger partial charge on any atom is -0.464 e. The van der Waals surface area contributed by atoms with Crippen LogP contribution in [0.5, 0.6) is 0 Å².